The molecule has 1 rings (SSSR count). The molecule has 0 aromatic heterocycles. The summed E-state index contributed by atoms with van der Waals surface area (Å²) in [6.07, 6.45) is -4.44. The zero-order chi connectivity index (χ0) is 12.5. The molecule has 1 aromatic carbocycles. The summed E-state index contributed by atoms with van der Waals surface area (Å²) in [5, 5.41) is 0. The molecule has 0 amide bonds. The predicted molar refractivity (Wildman–Crippen MR) is 58.5 cm³/mol. The van der Waals surface area contributed by atoms with E-state index in [1.165, 1.54) is 13.0 Å². The average molecular weight is 295 g/mol. The van der Waals surface area contributed by atoms with Crippen molar-refractivity contribution >= 4 is 21.7 Å². The summed E-state index contributed by atoms with van der Waals surface area (Å²) in [7, 11) is 0. The maximum Gasteiger partial charge on any atom is 0.416 e. The van der Waals surface area contributed by atoms with Crippen LogP contribution >= 0.6 is 15.9 Å². The molecule has 0 N–H and O–H groups in total. The number of carbonyl (C=O) groups excluding carboxylic acids is 1. The molecule has 1 unspecified atom stereocenters. The molecule has 1 atom stereocenters. The number of alkyl halides is 4. The highest BCUT2D eigenvalue weighted by molar-refractivity contribution is 9.09. The fourth-order valence-corrected chi connectivity index (χ4v) is 2.08. The van der Waals surface area contributed by atoms with Gasteiger partial charge >= 0.3 is 6.18 Å². The van der Waals surface area contributed by atoms with Crippen molar-refractivity contribution < 1.29 is 18.0 Å². The molecule has 5 heteroatoms. The molecule has 0 heterocycles. The Bertz CT molecular complexity index is 412. The van der Waals surface area contributed by atoms with E-state index < -0.39 is 16.6 Å². The zero-order valence-corrected chi connectivity index (χ0v) is 10.3. The Hall–Kier alpha value is -0.840. The van der Waals surface area contributed by atoms with Crippen LogP contribution in [0.1, 0.15) is 28.4 Å². The second-order valence-electron chi connectivity index (χ2n) is 3.51. The van der Waals surface area contributed by atoms with E-state index in [4.69, 9.17) is 0 Å². The minimum Gasteiger partial charge on any atom is -0.298 e. The summed E-state index contributed by atoms with van der Waals surface area (Å²) < 4.78 is 38.2. The van der Waals surface area contributed by atoms with Gasteiger partial charge in [0.1, 0.15) is 5.78 Å². The van der Waals surface area contributed by atoms with Crippen LogP contribution in [-0.4, -0.2) is 5.78 Å². The van der Waals surface area contributed by atoms with Gasteiger partial charge in [-0.15, -0.1) is 0 Å². The Morgan fingerprint density at radius 3 is 2.38 bits per heavy atom. The number of hydrogen-bond acceptors (Lipinski definition) is 1. The molecule has 0 aliphatic heterocycles. The second kappa shape index (κ2) is 4.57. The van der Waals surface area contributed by atoms with Gasteiger partial charge in [-0.05, 0) is 31.0 Å². The first kappa shape index (κ1) is 13.2. The third-order valence-electron chi connectivity index (χ3n) is 2.24. The molecular weight excluding hydrogens is 285 g/mol. The topological polar surface area (TPSA) is 17.1 Å². The van der Waals surface area contributed by atoms with Gasteiger partial charge in [-0.2, -0.15) is 13.2 Å². The van der Waals surface area contributed by atoms with Gasteiger partial charge in [-0.25, -0.2) is 0 Å². The van der Waals surface area contributed by atoms with Gasteiger partial charge in [0.25, 0.3) is 0 Å². The number of carbonyl (C=O) groups is 1. The van der Waals surface area contributed by atoms with E-state index in [-0.39, 0.29) is 11.3 Å². The quantitative estimate of drug-likeness (QED) is 0.753. The van der Waals surface area contributed by atoms with E-state index in [0.29, 0.717) is 5.56 Å². The Kier molecular flexibility index (Phi) is 3.78. The maximum atomic E-state index is 12.7. The number of ketones is 1. The average Bonchev–Trinajstić information content (AvgIpc) is 2.14. The normalized spacial score (nSPS) is 13.6. The molecule has 1 nitrogen and oxygen atoms in total. The minimum atomic E-state index is -4.44. The van der Waals surface area contributed by atoms with Crippen LogP contribution in [0.5, 0.6) is 0 Å². The molecule has 1 aromatic rings. The lowest BCUT2D eigenvalue weighted by Crippen LogP contribution is -2.14. The number of halogens is 4. The third kappa shape index (κ3) is 2.64. The molecule has 0 bridgehead atoms. The fraction of sp³-hybridized carbons (Fsp3) is 0.364. The lowest BCUT2D eigenvalue weighted by molar-refractivity contribution is -0.138. The number of rotatable bonds is 2. The molecule has 0 radical (unpaired) electrons. The summed E-state index contributed by atoms with van der Waals surface area (Å²) in [6.45, 7) is 2.81. The lowest BCUT2D eigenvalue weighted by atomic mass is 9.97. The molecular formula is C11H10BrF3O. The molecule has 0 spiro atoms. The van der Waals surface area contributed by atoms with Gasteiger partial charge in [0.05, 0.1) is 10.4 Å². The third-order valence-corrected chi connectivity index (χ3v) is 3.34. The van der Waals surface area contributed by atoms with Crippen LogP contribution in [-0.2, 0) is 11.0 Å². The van der Waals surface area contributed by atoms with E-state index in [0.717, 1.165) is 6.07 Å². The molecule has 0 fully saturated rings. The fourth-order valence-electron chi connectivity index (χ4n) is 1.47. The van der Waals surface area contributed by atoms with Gasteiger partial charge in [0, 0.05) is 0 Å². The predicted octanol–water partition coefficient (Wildman–Crippen LogP) is 4.04. The van der Waals surface area contributed by atoms with E-state index in [1.807, 2.05) is 0 Å². The van der Waals surface area contributed by atoms with Crippen molar-refractivity contribution in [2.24, 2.45) is 0 Å². The van der Waals surface area contributed by atoms with Crippen LogP contribution in [0.2, 0.25) is 0 Å². The van der Waals surface area contributed by atoms with Crippen molar-refractivity contribution in [3.05, 3.63) is 34.9 Å². The van der Waals surface area contributed by atoms with E-state index in [2.05, 4.69) is 15.9 Å². The highest BCUT2D eigenvalue weighted by atomic mass is 79.9. The Morgan fingerprint density at radius 1 is 1.38 bits per heavy atom. The van der Waals surface area contributed by atoms with Crippen LogP contribution in [0.25, 0.3) is 0 Å². The van der Waals surface area contributed by atoms with Crippen molar-refractivity contribution in [1.82, 2.24) is 0 Å². The van der Waals surface area contributed by atoms with Gasteiger partial charge in [-0.1, -0.05) is 28.1 Å². The number of Topliss-reactive ketones (excluding diaryl/α,β-unsaturated/α-hetero) is 1. The van der Waals surface area contributed by atoms with Crippen molar-refractivity contribution in [1.29, 1.82) is 0 Å². The standard InChI is InChI=1S/C11H10BrF3O/c1-6-4-3-5-8(11(13,14)15)9(6)10(12)7(2)16/h3-5,10H,1-2H3. The highest BCUT2D eigenvalue weighted by Gasteiger charge is 2.36. The zero-order valence-electron chi connectivity index (χ0n) is 8.73. The highest BCUT2D eigenvalue weighted by Crippen LogP contribution is 2.39. The SMILES string of the molecule is CC(=O)C(Br)c1c(C)cccc1C(F)(F)F. The second-order valence-corrected chi connectivity index (χ2v) is 4.42. The Morgan fingerprint density at radius 2 is 1.94 bits per heavy atom. The molecule has 0 saturated carbocycles. The van der Waals surface area contributed by atoms with Crippen LogP contribution < -0.4 is 0 Å². The number of aryl methyl sites for hydroxylation is 1. The van der Waals surface area contributed by atoms with Crippen molar-refractivity contribution in [2.45, 2.75) is 24.9 Å². The van der Waals surface area contributed by atoms with Gasteiger partial charge in [0.2, 0.25) is 0 Å². The molecule has 88 valence electrons. The Labute approximate surface area is 99.8 Å². The van der Waals surface area contributed by atoms with Crippen molar-refractivity contribution in [2.75, 3.05) is 0 Å². The smallest absolute Gasteiger partial charge is 0.298 e. The first-order valence-electron chi connectivity index (χ1n) is 4.56. The summed E-state index contributed by atoms with van der Waals surface area (Å²) >= 11 is 2.99. The minimum absolute atomic E-state index is 0.00231. The summed E-state index contributed by atoms with van der Waals surface area (Å²) in [5.74, 6) is -0.347. The largest absolute Gasteiger partial charge is 0.416 e. The lowest BCUT2D eigenvalue weighted by Gasteiger charge is -2.17. The monoisotopic (exact) mass is 294 g/mol. The van der Waals surface area contributed by atoms with Crippen LogP contribution in [0.3, 0.4) is 0 Å². The van der Waals surface area contributed by atoms with Crippen LogP contribution in [0, 0.1) is 6.92 Å². The number of hydrogen-bond donors (Lipinski definition) is 0. The van der Waals surface area contributed by atoms with Gasteiger partial charge in [-0.3, -0.25) is 4.79 Å². The molecule has 0 aliphatic rings. The van der Waals surface area contributed by atoms with E-state index in [9.17, 15) is 18.0 Å². The summed E-state index contributed by atoms with van der Waals surface area (Å²) in [6, 6.07) is 3.88. The van der Waals surface area contributed by atoms with Gasteiger partial charge < -0.3 is 0 Å². The molecule has 16 heavy (non-hydrogen) atoms. The molecule has 0 saturated heterocycles. The maximum absolute atomic E-state index is 12.7. The van der Waals surface area contributed by atoms with Gasteiger partial charge in [0.15, 0.2) is 0 Å². The first-order valence-corrected chi connectivity index (χ1v) is 5.48. The molecule has 0 aliphatic carbocycles. The van der Waals surface area contributed by atoms with E-state index in [1.54, 1.807) is 13.0 Å². The van der Waals surface area contributed by atoms with Crippen LogP contribution in [0.4, 0.5) is 13.2 Å². The first-order chi connectivity index (χ1) is 7.25. The van der Waals surface area contributed by atoms with Crippen molar-refractivity contribution in [3.63, 3.8) is 0 Å². The Balaban J connectivity index is 3.41. The summed E-state index contributed by atoms with van der Waals surface area (Å²) in [5.41, 5.74) is -0.307. The number of benzene rings is 1. The van der Waals surface area contributed by atoms with Crippen molar-refractivity contribution in [3.8, 4) is 0 Å². The van der Waals surface area contributed by atoms with E-state index >= 15 is 0 Å². The summed E-state index contributed by atoms with van der Waals surface area (Å²) in [4.78, 5) is 10.2. The van der Waals surface area contributed by atoms with Crippen LogP contribution in [0.15, 0.2) is 18.2 Å².